The highest BCUT2D eigenvalue weighted by atomic mass is 19.1. The molecule has 32 heavy (non-hydrogen) atoms. The summed E-state index contributed by atoms with van der Waals surface area (Å²) in [5, 5.41) is 2.68. The molecule has 2 saturated heterocycles. The topological polar surface area (TPSA) is 50.8 Å². The van der Waals surface area contributed by atoms with E-state index >= 15 is 0 Å². The van der Waals surface area contributed by atoms with Gasteiger partial charge in [-0.05, 0) is 42.2 Å². The number of halogens is 2. The minimum absolute atomic E-state index is 0.244. The van der Waals surface area contributed by atoms with Gasteiger partial charge in [0.2, 0.25) is 6.41 Å². The number of ether oxygens (including phenoxy) is 2. The Hall–Kier alpha value is -2.77. The van der Waals surface area contributed by atoms with E-state index < -0.39 is 17.4 Å². The number of hydrogen-bond donors (Lipinski definition) is 1. The van der Waals surface area contributed by atoms with Gasteiger partial charge in [0.15, 0.2) is 5.79 Å². The lowest BCUT2D eigenvalue weighted by molar-refractivity contribution is -0.144. The average molecular weight is 443 g/mol. The van der Waals surface area contributed by atoms with Crippen LogP contribution in [0.1, 0.15) is 24.5 Å². The Morgan fingerprint density at radius 2 is 2.00 bits per heavy atom. The number of carbonyl (C=O) groups excluding carboxylic acids is 1. The zero-order chi connectivity index (χ0) is 22.7. The molecule has 170 valence electrons. The van der Waals surface area contributed by atoms with E-state index in [1.165, 1.54) is 12.1 Å². The summed E-state index contributed by atoms with van der Waals surface area (Å²) in [5.74, 6) is -1.75. The second-order valence-corrected chi connectivity index (χ2v) is 8.46. The Morgan fingerprint density at radius 3 is 2.72 bits per heavy atom. The van der Waals surface area contributed by atoms with E-state index in [9.17, 15) is 13.6 Å². The number of benzene rings is 2. The summed E-state index contributed by atoms with van der Waals surface area (Å²) in [7, 11) is 0. The van der Waals surface area contributed by atoms with Crippen LogP contribution in [0.5, 0.6) is 0 Å². The number of amides is 1. The van der Waals surface area contributed by atoms with Crippen molar-refractivity contribution in [2.45, 2.75) is 38.0 Å². The van der Waals surface area contributed by atoms with E-state index in [1.54, 1.807) is 0 Å². The Morgan fingerprint density at radius 1 is 1.22 bits per heavy atom. The second-order valence-electron chi connectivity index (χ2n) is 8.46. The van der Waals surface area contributed by atoms with E-state index in [-0.39, 0.29) is 6.04 Å². The normalized spacial score (nSPS) is 19.5. The van der Waals surface area contributed by atoms with Gasteiger partial charge in [-0.2, -0.15) is 0 Å². The van der Waals surface area contributed by atoms with Crippen LogP contribution in [0.3, 0.4) is 0 Å². The number of nitrogens with one attached hydrogen (secondary N) is 1. The van der Waals surface area contributed by atoms with Gasteiger partial charge in [0.05, 0.1) is 19.8 Å². The molecule has 2 aromatic rings. The smallest absolute Gasteiger partial charge is 0.207 e. The van der Waals surface area contributed by atoms with Gasteiger partial charge in [0.25, 0.3) is 0 Å². The van der Waals surface area contributed by atoms with Crippen molar-refractivity contribution in [3.63, 3.8) is 0 Å². The van der Waals surface area contributed by atoms with Gasteiger partial charge in [0, 0.05) is 42.8 Å². The van der Waals surface area contributed by atoms with Crippen molar-refractivity contribution < 1.29 is 23.0 Å². The molecule has 1 amide bonds. The van der Waals surface area contributed by atoms with Gasteiger partial charge in [-0.25, -0.2) is 8.78 Å². The van der Waals surface area contributed by atoms with Crippen molar-refractivity contribution in [2.75, 3.05) is 26.3 Å². The molecular weight excluding hydrogens is 414 g/mol. The van der Waals surface area contributed by atoms with Crippen LogP contribution in [0.4, 0.5) is 8.78 Å². The van der Waals surface area contributed by atoms with Crippen LogP contribution < -0.4 is 5.32 Å². The third-order valence-electron chi connectivity index (χ3n) is 6.23. The average Bonchev–Trinajstić information content (AvgIpc) is 3.35. The lowest BCUT2D eigenvalue weighted by atomic mass is 9.94. The highest BCUT2D eigenvalue weighted by Crippen LogP contribution is 2.37. The Labute approximate surface area is 187 Å². The molecule has 2 aromatic carbocycles. The van der Waals surface area contributed by atoms with Crippen LogP contribution in [-0.4, -0.2) is 49.4 Å². The molecule has 0 bridgehead atoms. The van der Waals surface area contributed by atoms with Gasteiger partial charge >= 0.3 is 0 Å². The molecule has 2 fully saturated rings. The van der Waals surface area contributed by atoms with Crippen molar-refractivity contribution in [3.05, 3.63) is 71.4 Å². The second kappa shape index (κ2) is 9.38. The fraction of sp³-hybridized carbons (Fsp3) is 0.400. The standard InChI is InChI=1S/C25H28F2N2O3/c1-17(29-15-25(14-18(29)2)31-9-10-32-25)11-19-3-4-21(12-20(19)7-8-28-16-30)23-6-5-22(26)13-24(23)27/h3-6,12-13,16,18H,1,7-11,14-15H2,2H3,(H,28,30). The lowest BCUT2D eigenvalue weighted by Crippen LogP contribution is -2.34. The largest absolute Gasteiger partial charge is 0.367 e. The van der Waals surface area contributed by atoms with Crippen molar-refractivity contribution in [2.24, 2.45) is 0 Å². The first-order valence-electron chi connectivity index (χ1n) is 10.9. The molecule has 1 spiro atoms. The van der Waals surface area contributed by atoms with E-state index in [4.69, 9.17) is 9.47 Å². The number of likely N-dealkylation sites (tertiary alicyclic amines) is 1. The molecule has 1 atom stereocenters. The van der Waals surface area contributed by atoms with Gasteiger partial charge in [0.1, 0.15) is 11.6 Å². The van der Waals surface area contributed by atoms with Crippen LogP contribution in [0, 0.1) is 11.6 Å². The van der Waals surface area contributed by atoms with E-state index in [2.05, 4.69) is 23.7 Å². The Bertz CT molecular complexity index is 1000. The molecule has 0 saturated carbocycles. The summed E-state index contributed by atoms with van der Waals surface area (Å²) in [6.45, 7) is 8.79. The SMILES string of the molecule is C=C(Cc1ccc(-c2ccc(F)cc2F)cc1CCNC=O)N1CC2(CC1C)OCCO2. The summed E-state index contributed by atoms with van der Waals surface area (Å²) in [6, 6.07) is 9.53. The molecule has 0 aromatic heterocycles. The summed E-state index contributed by atoms with van der Waals surface area (Å²) in [4.78, 5) is 12.9. The first-order chi connectivity index (χ1) is 15.4. The van der Waals surface area contributed by atoms with Crippen LogP contribution in [-0.2, 0) is 27.1 Å². The van der Waals surface area contributed by atoms with E-state index in [0.29, 0.717) is 56.7 Å². The quantitative estimate of drug-likeness (QED) is 0.499. The molecule has 0 radical (unpaired) electrons. The number of carbonyl (C=O) groups is 1. The molecule has 2 aliphatic heterocycles. The van der Waals surface area contributed by atoms with Gasteiger partial charge in [-0.1, -0.05) is 24.8 Å². The maximum Gasteiger partial charge on any atom is 0.207 e. The van der Waals surface area contributed by atoms with Crippen molar-refractivity contribution in [1.82, 2.24) is 10.2 Å². The predicted octanol–water partition coefficient (Wildman–Crippen LogP) is 3.81. The monoisotopic (exact) mass is 442 g/mol. The Kier molecular flexibility index (Phi) is 6.58. The zero-order valence-corrected chi connectivity index (χ0v) is 18.2. The number of hydrogen-bond acceptors (Lipinski definition) is 4. The maximum atomic E-state index is 14.3. The van der Waals surface area contributed by atoms with E-state index in [1.807, 2.05) is 18.2 Å². The van der Waals surface area contributed by atoms with Gasteiger partial charge in [-0.15, -0.1) is 0 Å². The first-order valence-corrected chi connectivity index (χ1v) is 10.9. The highest BCUT2D eigenvalue weighted by molar-refractivity contribution is 5.66. The van der Waals surface area contributed by atoms with Crippen LogP contribution >= 0.6 is 0 Å². The minimum atomic E-state index is -0.609. The summed E-state index contributed by atoms with van der Waals surface area (Å²) < 4.78 is 39.4. The van der Waals surface area contributed by atoms with Gasteiger partial charge in [-0.3, -0.25) is 4.79 Å². The summed E-state index contributed by atoms with van der Waals surface area (Å²) in [5.41, 5.74) is 4.00. The van der Waals surface area contributed by atoms with Gasteiger partial charge < -0.3 is 19.7 Å². The molecule has 2 heterocycles. The van der Waals surface area contributed by atoms with Crippen LogP contribution in [0.2, 0.25) is 0 Å². The fourth-order valence-corrected chi connectivity index (χ4v) is 4.68. The fourth-order valence-electron chi connectivity index (χ4n) is 4.68. The number of allylic oxidation sites excluding steroid dienone is 1. The Balaban J connectivity index is 1.56. The number of nitrogens with zero attached hydrogens (tertiary/aromatic N) is 1. The third-order valence-corrected chi connectivity index (χ3v) is 6.23. The number of rotatable bonds is 8. The lowest BCUT2D eigenvalue weighted by Gasteiger charge is -2.27. The third kappa shape index (κ3) is 4.69. The molecule has 1 unspecified atom stereocenters. The summed E-state index contributed by atoms with van der Waals surface area (Å²) >= 11 is 0. The molecular formula is C25H28F2N2O3. The highest BCUT2D eigenvalue weighted by Gasteiger charge is 2.47. The van der Waals surface area contributed by atoms with Crippen molar-refractivity contribution in [3.8, 4) is 11.1 Å². The first kappa shape index (κ1) is 22.4. The molecule has 5 nitrogen and oxygen atoms in total. The molecule has 4 rings (SSSR count). The van der Waals surface area contributed by atoms with Crippen LogP contribution in [0.25, 0.3) is 11.1 Å². The van der Waals surface area contributed by atoms with Crippen molar-refractivity contribution in [1.29, 1.82) is 0 Å². The molecule has 1 N–H and O–H groups in total. The minimum Gasteiger partial charge on any atom is -0.367 e. The van der Waals surface area contributed by atoms with E-state index in [0.717, 1.165) is 29.3 Å². The van der Waals surface area contributed by atoms with Crippen LogP contribution in [0.15, 0.2) is 48.7 Å². The maximum absolute atomic E-state index is 14.3. The molecule has 0 aliphatic carbocycles. The molecule has 2 aliphatic rings. The van der Waals surface area contributed by atoms with Crippen molar-refractivity contribution >= 4 is 6.41 Å². The summed E-state index contributed by atoms with van der Waals surface area (Å²) in [6.07, 6.45) is 2.66. The molecule has 7 heteroatoms. The zero-order valence-electron chi connectivity index (χ0n) is 18.2. The predicted molar refractivity (Wildman–Crippen MR) is 118 cm³/mol.